The van der Waals surface area contributed by atoms with Crippen LogP contribution < -0.4 is 10.6 Å². The minimum Gasteiger partial charge on any atom is -0.399 e. The van der Waals surface area contributed by atoms with Gasteiger partial charge in [-0.15, -0.1) is 11.3 Å². The number of nitrogens with two attached hydrogens (primary N) is 1. The van der Waals surface area contributed by atoms with E-state index in [0.29, 0.717) is 6.54 Å². The number of aromatic nitrogens is 1. The molecule has 2 N–H and O–H groups in total. The molecule has 0 saturated carbocycles. The van der Waals surface area contributed by atoms with E-state index in [1.54, 1.807) is 17.5 Å². The second-order valence-corrected chi connectivity index (χ2v) is 5.43. The highest BCUT2D eigenvalue weighted by Gasteiger charge is 2.34. The number of alkyl halides is 3. The Morgan fingerprint density at radius 3 is 2.60 bits per heavy atom. The standard InChI is InChI=1S/C13H14F3N3S/c1-8-12(20-7-18-8)6-19(2)11-4-3-9(17)5-10(11)13(14,15)16/h3-5,7H,6,17H2,1-2H3. The van der Waals surface area contributed by atoms with Gasteiger partial charge in [-0.25, -0.2) is 4.98 Å². The van der Waals surface area contributed by atoms with Gasteiger partial charge in [0, 0.05) is 23.3 Å². The maximum absolute atomic E-state index is 13.1. The number of nitrogens with zero attached hydrogens (tertiary/aromatic N) is 2. The van der Waals surface area contributed by atoms with Crippen molar-refractivity contribution in [3.63, 3.8) is 0 Å². The van der Waals surface area contributed by atoms with Crippen LogP contribution in [0.2, 0.25) is 0 Å². The molecule has 108 valence electrons. The van der Waals surface area contributed by atoms with Crippen molar-refractivity contribution in [3.05, 3.63) is 39.8 Å². The van der Waals surface area contributed by atoms with Gasteiger partial charge in [0.15, 0.2) is 0 Å². The van der Waals surface area contributed by atoms with Gasteiger partial charge in [0.25, 0.3) is 0 Å². The van der Waals surface area contributed by atoms with E-state index in [1.165, 1.54) is 23.5 Å². The van der Waals surface area contributed by atoms with E-state index in [-0.39, 0.29) is 11.4 Å². The van der Waals surface area contributed by atoms with Gasteiger partial charge in [0.1, 0.15) is 0 Å². The molecule has 0 aliphatic carbocycles. The monoisotopic (exact) mass is 301 g/mol. The quantitative estimate of drug-likeness (QED) is 0.879. The number of nitrogen functional groups attached to an aromatic ring is 1. The number of benzene rings is 1. The molecule has 1 aromatic heterocycles. The molecule has 0 atom stereocenters. The molecule has 0 spiro atoms. The molecular formula is C13H14F3N3S. The summed E-state index contributed by atoms with van der Waals surface area (Å²) < 4.78 is 39.2. The summed E-state index contributed by atoms with van der Waals surface area (Å²) in [5.41, 5.74) is 7.47. The number of hydrogen-bond acceptors (Lipinski definition) is 4. The molecule has 0 fully saturated rings. The molecule has 1 heterocycles. The van der Waals surface area contributed by atoms with Crippen molar-refractivity contribution in [2.24, 2.45) is 0 Å². The Balaban J connectivity index is 2.35. The van der Waals surface area contributed by atoms with Crippen LogP contribution in [0.15, 0.2) is 23.7 Å². The van der Waals surface area contributed by atoms with Crippen LogP contribution in [-0.2, 0) is 12.7 Å². The Labute approximate surface area is 118 Å². The maximum atomic E-state index is 13.1. The Bertz CT molecular complexity index is 607. The Hall–Kier alpha value is -1.76. The molecule has 0 aliphatic rings. The molecular weight excluding hydrogens is 287 g/mol. The summed E-state index contributed by atoms with van der Waals surface area (Å²) in [5.74, 6) is 0. The number of thiazole rings is 1. The average Bonchev–Trinajstić information content (AvgIpc) is 2.73. The Kier molecular flexibility index (Phi) is 3.89. The van der Waals surface area contributed by atoms with E-state index in [1.807, 2.05) is 6.92 Å². The first kappa shape index (κ1) is 14.6. The lowest BCUT2D eigenvalue weighted by Crippen LogP contribution is -2.21. The second kappa shape index (κ2) is 5.32. The lowest BCUT2D eigenvalue weighted by Gasteiger charge is -2.23. The normalized spacial score (nSPS) is 11.7. The fraction of sp³-hybridized carbons (Fsp3) is 0.308. The molecule has 20 heavy (non-hydrogen) atoms. The van der Waals surface area contributed by atoms with Crippen LogP contribution in [0.1, 0.15) is 16.1 Å². The van der Waals surface area contributed by atoms with E-state index in [2.05, 4.69) is 4.98 Å². The molecule has 1 aromatic carbocycles. The van der Waals surface area contributed by atoms with Crippen molar-refractivity contribution in [1.29, 1.82) is 0 Å². The zero-order valence-electron chi connectivity index (χ0n) is 11.0. The molecule has 0 aliphatic heterocycles. The topological polar surface area (TPSA) is 42.2 Å². The van der Waals surface area contributed by atoms with E-state index in [0.717, 1.165) is 16.6 Å². The second-order valence-electron chi connectivity index (χ2n) is 4.49. The first-order valence-corrected chi connectivity index (χ1v) is 6.74. The van der Waals surface area contributed by atoms with Crippen molar-refractivity contribution in [1.82, 2.24) is 4.98 Å². The van der Waals surface area contributed by atoms with Gasteiger partial charge >= 0.3 is 6.18 Å². The largest absolute Gasteiger partial charge is 0.418 e. The van der Waals surface area contributed by atoms with Gasteiger partial charge in [-0.05, 0) is 25.1 Å². The fourth-order valence-corrected chi connectivity index (χ4v) is 2.72. The molecule has 0 amide bonds. The van der Waals surface area contributed by atoms with Gasteiger partial charge < -0.3 is 10.6 Å². The smallest absolute Gasteiger partial charge is 0.399 e. The minimum atomic E-state index is -4.43. The summed E-state index contributed by atoms with van der Waals surface area (Å²) in [6, 6.07) is 3.83. The highest BCUT2D eigenvalue weighted by molar-refractivity contribution is 7.09. The highest BCUT2D eigenvalue weighted by atomic mass is 32.1. The summed E-state index contributed by atoms with van der Waals surface area (Å²) >= 11 is 1.43. The van der Waals surface area contributed by atoms with Crippen LogP contribution >= 0.6 is 11.3 Å². The molecule has 0 bridgehead atoms. The summed E-state index contributed by atoms with van der Waals surface area (Å²) in [4.78, 5) is 6.60. The highest BCUT2D eigenvalue weighted by Crippen LogP contribution is 2.38. The number of anilines is 2. The predicted molar refractivity (Wildman–Crippen MR) is 74.8 cm³/mol. The summed E-state index contributed by atoms with van der Waals surface area (Å²) in [7, 11) is 1.62. The third-order valence-corrected chi connectivity index (χ3v) is 3.88. The first-order valence-electron chi connectivity index (χ1n) is 5.86. The van der Waals surface area contributed by atoms with Gasteiger partial charge in [-0.2, -0.15) is 13.2 Å². The molecule has 3 nitrogen and oxygen atoms in total. The van der Waals surface area contributed by atoms with E-state index >= 15 is 0 Å². The zero-order chi connectivity index (χ0) is 14.9. The third-order valence-electron chi connectivity index (χ3n) is 2.96. The molecule has 0 radical (unpaired) electrons. The maximum Gasteiger partial charge on any atom is 0.418 e. The van der Waals surface area contributed by atoms with Crippen molar-refractivity contribution in [2.45, 2.75) is 19.6 Å². The molecule has 2 rings (SSSR count). The van der Waals surface area contributed by atoms with Crippen LogP contribution in [0, 0.1) is 6.92 Å². The number of rotatable bonds is 3. The average molecular weight is 301 g/mol. The van der Waals surface area contributed by atoms with Crippen LogP contribution in [-0.4, -0.2) is 12.0 Å². The summed E-state index contributed by atoms with van der Waals surface area (Å²) in [5, 5.41) is 0. The minimum absolute atomic E-state index is 0.100. The lowest BCUT2D eigenvalue weighted by molar-refractivity contribution is -0.137. The first-order chi connectivity index (χ1) is 9.29. The van der Waals surface area contributed by atoms with Gasteiger partial charge in [-0.1, -0.05) is 0 Å². The molecule has 7 heteroatoms. The van der Waals surface area contributed by atoms with Crippen molar-refractivity contribution in [3.8, 4) is 0 Å². The number of aryl methyl sites for hydroxylation is 1. The van der Waals surface area contributed by atoms with Crippen molar-refractivity contribution >= 4 is 22.7 Å². The Morgan fingerprint density at radius 1 is 1.35 bits per heavy atom. The predicted octanol–water partition coefficient (Wildman–Crippen LogP) is 3.69. The molecule has 0 saturated heterocycles. The van der Waals surface area contributed by atoms with E-state index in [4.69, 9.17) is 5.73 Å². The number of hydrogen-bond donors (Lipinski definition) is 1. The lowest BCUT2D eigenvalue weighted by atomic mass is 10.1. The van der Waals surface area contributed by atoms with Crippen molar-refractivity contribution < 1.29 is 13.2 Å². The third kappa shape index (κ3) is 3.04. The van der Waals surface area contributed by atoms with Gasteiger partial charge in [-0.3, -0.25) is 0 Å². The molecule has 0 unspecified atom stereocenters. The van der Waals surface area contributed by atoms with Gasteiger partial charge in [0.2, 0.25) is 0 Å². The van der Waals surface area contributed by atoms with E-state index in [9.17, 15) is 13.2 Å². The van der Waals surface area contributed by atoms with E-state index < -0.39 is 11.7 Å². The van der Waals surface area contributed by atoms with Crippen LogP contribution in [0.25, 0.3) is 0 Å². The molecule has 2 aromatic rings. The summed E-state index contributed by atoms with van der Waals surface area (Å²) in [6.45, 7) is 2.22. The SMILES string of the molecule is Cc1ncsc1CN(C)c1ccc(N)cc1C(F)(F)F. The number of halogens is 3. The summed E-state index contributed by atoms with van der Waals surface area (Å²) in [6.07, 6.45) is -4.43. The van der Waals surface area contributed by atoms with Crippen LogP contribution in [0.4, 0.5) is 24.5 Å². The zero-order valence-corrected chi connectivity index (χ0v) is 11.8. The van der Waals surface area contributed by atoms with Crippen LogP contribution in [0.3, 0.4) is 0 Å². The van der Waals surface area contributed by atoms with Crippen LogP contribution in [0.5, 0.6) is 0 Å². The van der Waals surface area contributed by atoms with Crippen molar-refractivity contribution in [2.75, 3.05) is 17.7 Å². The fourth-order valence-electron chi connectivity index (χ4n) is 1.89. The Morgan fingerprint density at radius 2 is 2.05 bits per heavy atom. The van der Waals surface area contributed by atoms with Gasteiger partial charge in [0.05, 0.1) is 23.3 Å².